The summed E-state index contributed by atoms with van der Waals surface area (Å²) in [5.74, 6) is 0.409. The van der Waals surface area contributed by atoms with Crippen LogP contribution in [0.25, 0.3) is 5.82 Å². The SMILES string of the molecule is O=C(OCCCn1cccn1)c1ccc(-n2cccc2)nc1. The summed E-state index contributed by atoms with van der Waals surface area (Å²) in [6.45, 7) is 1.09. The van der Waals surface area contributed by atoms with Crippen molar-refractivity contribution in [3.63, 3.8) is 0 Å². The fourth-order valence-electron chi connectivity index (χ4n) is 2.05. The number of carbonyl (C=O) groups excluding carboxylic acids is 1. The Morgan fingerprint density at radius 3 is 2.68 bits per heavy atom. The minimum atomic E-state index is -0.355. The average molecular weight is 296 g/mol. The van der Waals surface area contributed by atoms with Crippen molar-refractivity contribution < 1.29 is 9.53 Å². The van der Waals surface area contributed by atoms with E-state index in [1.807, 2.05) is 41.4 Å². The van der Waals surface area contributed by atoms with Gasteiger partial charge in [-0.25, -0.2) is 9.78 Å². The molecule has 0 unspecified atom stereocenters. The number of nitrogens with zero attached hydrogens (tertiary/aromatic N) is 4. The summed E-state index contributed by atoms with van der Waals surface area (Å²) in [6.07, 6.45) is 9.66. The number of hydrogen-bond acceptors (Lipinski definition) is 4. The van der Waals surface area contributed by atoms with Crippen LogP contribution in [0.5, 0.6) is 0 Å². The van der Waals surface area contributed by atoms with Gasteiger partial charge in [-0.1, -0.05) is 0 Å². The first kappa shape index (κ1) is 14.1. The molecule has 112 valence electrons. The van der Waals surface area contributed by atoms with Gasteiger partial charge < -0.3 is 9.30 Å². The number of ether oxygens (including phenoxy) is 1. The van der Waals surface area contributed by atoms with Crippen LogP contribution in [0.3, 0.4) is 0 Å². The summed E-state index contributed by atoms with van der Waals surface area (Å²) < 4.78 is 8.91. The third-order valence-corrected chi connectivity index (χ3v) is 3.18. The molecular weight excluding hydrogens is 280 g/mol. The van der Waals surface area contributed by atoms with E-state index in [1.54, 1.807) is 23.0 Å². The molecule has 0 fully saturated rings. The predicted octanol–water partition coefficient (Wildman–Crippen LogP) is 2.32. The van der Waals surface area contributed by atoms with E-state index in [0.717, 1.165) is 18.8 Å². The second-order valence-corrected chi connectivity index (χ2v) is 4.75. The number of aryl methyl sites for hydroxylation is 1. The highest BCUT2D eigenvalue weighted by molar-refractivity contribution is 5.89. The molecule has 0 aliphatic carbocycles. The Morgan fingerprint density at radius 1 is 1.14 bits per heavy atom. The van der Waals surface area contributed by atoms with Crippen molar-refractivity contribution in [3.05, 3.63) is 66.9 Å². The molecule has 3 aromatic heterocycles. The third-order valence-electron chi connectivity index (χ3n) is 3.18. The van der Waals surface area contributed by atoms with E-state index in [1.165, 1.54) is 6.20 Å². The Kier molecular flexibility index (Phi) is 4.29. The fourth-order valence-corrected chi connectivity index (χ4v) is 2.05. The molecule has 0 aliphatic heterocycles. The molecule has 0 N–H and O–H groups in total. The monoisotopic (exact) mass is 296 g/mol. The van der Waals surface area contributed by atoms with Gasteiger partial charge in [-0.15, -0.1) is 0 Å². The maximum absolute atomic E-state index is 11.9. The average Bonchev–Trinajstić information content (AvgIpc) is 3.25. The van der Waals surface area contributed by atoms with Crippen molar-refractivity contribution >= 4 is 5.97 Å². The van der Waals surface area contributed by atoms with Crippen molar-refractivity contribution in [2.45, 2.75) is 13.0 Å². The number of carbonyl (C=O) groups is 1. The largest absolute Gasteiger partial charge is 0.462 e. The van der Waals surface area contributed by atoms with Gasteiger partial charge in [0.05, 0.1) is 12.2 Å². The molecule has 0 amide bonds. The lowest BCUT2D eigenvalue weighted by Gasteiger charge is -2.06. The van der Waals surface area contributed by atoms with Gasteiger partial charge in [0, 0.05) is 43.9 Å². The highest BCUT2D eigenvalue weighted by atomic mass is 16.5. The number of pyridine rings is 1. The third kappa shape index (κ3) is 3.41. The quantitative estimate of drug-likeness (QED) is 0.517. The van der Waals surface area contributed by atoms with Gasteiger partial charge in [0.2, 0.25) is 0 Å². The minimum Gasteiger partial charge on any atom is -0.462 e. The van der Waals surface area contributed by atoms with E-state index in [-0.39, 0.29) is 5.97 Å². The molecule has 0 saturated carbocycles. The molecule has 0 spiro atoms. The molecule has 22 heavy (non-hydrogen) atoms. The normalized spacial score (nSPS) is 10.5. The zero-order valence-corrected chi connectivity index (χ0v) is 12.0. The van der Waals surface area contributed by atoms with E-state index >= 15 is 0 Å². The topological polar surface area (TPSA) is 61.9 Å². The molecule has 6 heteroatoms. The van der Waals surface area contributed by atoms with Crippen LogP contribution in [0, 0.1) is 0 Å². The lowest BCUT2D eigenvalue weighted by Crippen LogP contribution is -2.09. The predicted molar refractivity (Wildman–Crippen MR) is 80.7 cm³/mol. The molecule has 0 radical (unpaired) electrons. The lowest BCUT2D eigenvalue weighted by molar-refractivity contribution is 0.0494. The van der Waals surface area contributed by atoms with Crippen LogP contribution in [0.15, 0.2) is 61.3 Å². The van der Waals surface area contributed by atoms with Crippen LogP contribution >= 0.6 is 0 Å². The molecule has 0 bridgehead atoms. The second-order valence-electron chi connectivity index (χ2n) is 4.75. The van der Waals surface area contributed by atoms with E-state index in [9.17, 15) is 4.79 Å². The summed E-state index contributed by atoms with van der Waals surface area (Å²) in [5.41, 5.74) is 0.454. The molecule has 0 atom stereocenters. The highest BCUT2D eigenvalue weighted by Gasteiger charge is 2.08. The van der Waals surface area contributed by atoms with Crippen molar-refractivity contribution in [3.8, 4) is 5.82 Å². The van der Waals surface area contributed by atoms with Crippen LogP contribution in [-0.2, 0) is 11.3 Å². The van der Waals surface area contributed by atoms with Gasteiger partial charge in [0.25, 0.3) is 0 Å². The summed E-state index contributed by atoms with van der Waals surface area (Å²) >= 11 is 0. The zero-order chi connectivity index (χ0) is 15.2. The van der Waals surface area contributed by atoms with Crippen molar-refractivity contribution in [2.75, 3.05) is 6.61 Å². The van der Waals surface area contributed by atoms with Gasteiger partial charge in [-0.05, 0) is 30.3 Å². The number of hydrogen-bond donors (Lipinski definition) is 0. The van der Waals surface area contributed by atoms with Crippen LogP contribution in [0.4, 0.5) is 0 Å². The van der Waals surface area contributed by atoms with Crippen molar-refractivity contribution in [1.29, 1.82) is 0 Å². The van der Waals surface area contributed by atoms with Gasteiger partial charge >= 0.3 is 5.97 Å². The second kappa shape index (κ2) is 6.71. The summed E-state index contributed by atoms with van der Waals surface area (Å²) in [5, 5.41) is 4.09. The maximum atomic E-state index is 11.9. The Bertz CT molecular complexity index is 703. The van der Waals surface area contributed by atoms with E-state index in [4.69, 9.17) is 4.74 Å². The summed E-state index contributed by atoms with van der Waals surface area (Å²) in [7, 11) is 0. The molecule has 3 rings (SSSR count). The van der Waals surface area contributed by atoms with E-state index < -0.39 is 0 Å². The number of esters is 1. The van der Waals surface area contributed by atoms with E-state index in [2.05, 4.69) is 10.1 Å². The zero-order valence-electron chi connectivity index (χ0n) is 12.0. The van der Waals surface area contributed by atoms with Gasteiger partial charge in [-0.2, -0.15) is 5.10 Å². The van der Waals surface area contributed by atoms with Crippen LogP contribution < -0.4 is 0 Å². The first-order valence-corrected chi connectivity index (χ1v) is 7.07. The highest BCUT2D eigenvalue weighted by Crippen LogP contribution is 2.07. The maximum Gasteiger partial charge on any atom is 0.339 e. The molecule has 3 aromatic rings. The Hall–Kier alpha value is -2.89. The van der Waals surface area contributed by atoms with E-state index in [0.29, 0.717) is 12.2 Å². The van der Waals surface area contributed by atoms with Gasteiger partial charge in [-0.3, -0.25) is 4.68 Å². The Labute approximate surface area is 128 Å². The first-order valence-electron chi connectivity index (χ1n) is 7.07. The molecule has 6 nitrogen and oxygen atoms in total. The molecule has 0 saturated heterocycles. The Morgan fingerprint density at radius 2 is 2.00 bits per heavy atom. The fraction of sp³-hybridized carbons (Fsp3) is 0.188. The first-order chi connectivity index (χ1) is 10.8. The minimum absolute atomic E-state index is 0.355. The molecule has 0 aliphatic rings. The Balaban J connectivity index is 1.49. The summed E-state index contributed by atoms with van der Waals surface area (Å²) in [4.78, 5) is 16.2. The van der Waals surface area contributed by atoms with Gasteiger partial charge in [0.1, 0.15) is 5.82 Å². The van der Waals surface area contributed by atoms with Crippen molar-refractivity contribution in [2.24, 2.45) is 0 Å². The molecule has 0 aromatic carbocycles. The van der Waals surface area contributed by atoms with Crippen LogP contribution in [-0.4, -0.2) is 31.9 Å². The van der Waals surface area contributed by atoms with Crippen LogP contribution in [0.1, 0.15) is 16.8 Å². The standard InChI is InChI=1S/C16H16N4O2/c21-16(22-12-4-11-20-10-3-7-18-20)14-5-6-15(17-13-14)19-8-1-2-9-19/h1-3,5-10,13H,4,11-12H2. The van der Waals surface area contributed by atoms with Gasteiger partial charge in [0.15, 0.2) is 0 Å². The van der Waals surface area contributed by atoms with Crippen molar-refractivity contribution in [1.82, 2.24) is 19.3 Å². The molecule has 3 heterocycles. The lowest BCUT2D eigenvalue weighted by atomic mass is 10.3. The smallest absolute Gasteiger partial charge is 0.339 e. The number of rotatable bonds is 6. The molecular formula is C16H16N4O2. The summed E-state index contributed by atoms with van der Waals surface area (Å²) in [6, 6.07) is 9.22. The van der Waals surface area contributed by atoms with Crippen LogP contribution in [0.2, 0.25) is 0 Å². The number of aromatic nitrogens is 4.